The van der Waals surface area contributed by atoms with E-state index in [-0.39, 0.29) is 24.1 Å². The average Bonchev–Trinajstić information content (AvgIpc) is 3.48. The number of amides is 2. The maximum Gasteiger partial charge on any atom is 0.416 e. The molecule has 1 aliphatic carbocycles. The van der Waals surface area contributed by atoms with Crippen LogP contribution in [0.3, 0.4) is 0 Å². The molecular formula is C35H45N7O4. The van der Waals surface area contributed by atoms with Gasteiger partial charge in [0.1, 0.15) is 11.4 Å². The summed E-state index contributed by atoms with van der Waals surface area (Å²) in [6.07, 6.45) is 6.33. The predicted molar refractivity (Wildman–Crippen MR) is 176 cm³/mol. The first kappa shape index (κ1) is 25.7. The Labute approximate surface area is 280 Å². The Balaban J connectivity index is 1.63. The van der Waals surface area contributed by atoms with Gasteiger partial charge in [0, 0.05) is 57.9 Å². The zero-order valence-corrected chi connectivity index (χ0v) is 27.3. The molecule has 1 aliphatic heterocycles. The van der Waals surface area contributed by atoms with Crippen LogP contribution in [0.25, 0.3) is 4.85 Å². The molecule has 0 bridgehead atoms. The van der Waals surface area contributed by atoms with Gasteiger partial charge in [-0.1, -0.05) is 12.5 Å². The zero-order chi connectivity index (χ0) is 38.4. The van der Waals surface area contributed by atoms with Crippen molar-refractivity contribution in [2.24, 2.45) is 0 Å². The third-order valence-electron chi connectivity index (χ3n) is 8.61. The smallest absolute Gasteiger partial charge is 0.416 e. The molecule has 2 amide bonds. The van der Waals surface area contributed by atoms with Gasteiger partial charge in [-0.15, -0.1) is 0 Å². The first-order valence-corrected chi connectivity index (χ1v) is 15.4. The van der Waals surface area contributed by atoms with Crippen molar-refractivity contribution in [1.82, 2.24) is 24.3 Å². The molecule has 0 radical (unpaired) electrons. The van der Waals surface area contributed by atoms with Crippen LogP contribution in [0.1, 0.15) is 101 Å². The number of nitrogens with zero attached hydrogens (tertiary/aromatic N) is 7. The Morgan fingerprint density at radius 1 is 1.24 bits per heavy atom. The number of anilines is 1. The van der Waals surface area contributed by atoms with E-state index in [9.17, 15) is 9.59 Å². The van der Waals surface area contributed by atoms with Crippen molar-refractivity contribution in [3.8, 4) is 5.75 Å². The normalized spacial score (nSPS) is 18.6. The van der Waals surface area contributed by atoms with Crippen molar-refractivity contribution in [2.75, 3.05) is 39.1 Å². The number of pyridine rings is 1. The standard InChI is InChI=1S/C35H45N7O4/c1-10-45-29-18-27(38-19-28(29)36-6)23(2)42-22-35(12-11-13-35)30-25(21-39(7)8)16-24(17-26(30)31(42)43)20-41-15-14-37-32(41)40(9)33(44)46-34(3,4)5/h14-19,23H,10-13,20-22H2,1-5,7-9H3/i7D3,8D3. The molecule has 46 heavy (non-hydrogen) atoms. The van der Waals surface area contributed by atoms with E-state index in [4.69, 9.17) is 24.3 Å². The molecule has 1 aromatic carbocycles. The Hall–Kier alpha value is -4.43. The van der Waals surface area contributed by atoms with Gasteiger partial charge in [-0.25, -0.2) is 14.6 Å². The van der Waals surface area contributed by atoms with E-state index in [1.54, 1.807) is 54.6 Å². The van der Waals surface area contributed by atoms with Gasteiger partial charge in [0.25, 0.3) is 5.91 Å². The van der Waals surface area contributed by atoms with E-state index < -0.39 is 43.6 Å². The van der Waals surface area contributed by atoms with Gasteiger partial charge in [-0.3, -0.25) is 14.7 Å². The van der Waals surface area contributed by atoms with E-state index >= 15 is 0 Å². The average molecular weight is 634 g/mol. The van der Waals surface area contributed by atoms with Crippen molar-refractivity contribution in [2.45, 2.75) is 84.0 Å². The van der Waals surface area contributed by atoms with Gasteiger partial charge in [-0.05, 0) is 90.2 Å². The van der Waals surface area contributed by atoms with E-state index in [0.29, 0.717) is 64.6 Å². The van der Waals surface area contributed by atoms with E-state index in [2.05, 4.69) is 14.8 Å². The number of rotatable bonds is 9. The SMILES string of the molecule is [2H]C([2H])([2H])N(Cc1cc(Cn2ccnc2N(C)C(=O)OC(C)(C)C)cc2c1C1(CCC1)CN(C(C)c1cc(OCC)c([N+]#[C-])cn1)C2=O)C([2H])([2H])[2H]. The second-order valence-corrected chi connectivity index (χ2v) is 13.0. The summed E-state index contributed by atoms with van der Waals surface area (Å²) in [5.41, 5.74) is 1.57. The van der Waals surface area contributed by atoms with E-state index in [0.717, 1.165) is 6.42 Å². The van der Waals surface area contributed by atoms with Crippen LogP contribution in [0.15, 0.2) is 36.8 Å². The maximum atomic E-state index is 14.7. The topological polar surface area (TPSA) is 97.4 Å². The highest BCUT2D eigenvalue weighted by atomic mass is 16.6. The van der Waals surface area contributed by atoms with Gasteiger partial charge >= 0.3 is 6.09 Å². The fourth-order valence-electron chi connectivity index (χ4n) is 6.43. The van der Waals surface area contributed by atoms with Crippen LogP contribution in [0.2, 0.25) is 0 Å². The van der Waals surface area contributed by atoms with Crippen LogP contribution in [0.4, 0.5) is 16.4 Å². The number of hydrogen-bond acceptors (Lipinski definition) is 7. The molecule has 3 heterocycles. The van der Waals surface area contributed by atoms with Gasteiger partial charge in [-0.2, -0.15) is 0 Å². The number of benzene rings is 1. The first-order chi connectivity index (χ1) is 24.2. The maximum absolute atomic E-state index is 14.7. The van der Waals surface area contributed by atoms with Crippen LogP contribution >= 0.6 is 0 Å². The highest BCUT2D eigenvalue weighted by molar-refractivity contribution is 5.98. The summed E-state index contributed by atoms with van der Waals surface area (Å²) in [5, 5.41) is 0. The summed E-state index contributed by atoms with van der Waals surface area (Å²) >= 11 is 0. The highest BCUT2D eigenvalue weighted by Gasteiger charge is 2.49. The third-order valence-corrected chi connectivity index (χ3v) is 8.61. The van der Waals surface area contributed by atoms with E-state index in [1.165, 1.54) is 24.3 Å². The van der Waals surface area contributed by atoms with Crippen molar-refractivity contribution in [1.29, 1.82) is 0 Å². The molecule has 2 aromatic heterocycles. The fraction of sp³-hybridized carbons (Fsp3) is 0.514. The molecule has 1 atom stereocenters. The van der Waals surface area contributed by atoms with Crippen LogP contribution in [-0.4, -0.2) is 76.1 Å². The van der Waals surface area contributed by atoms with Gasteiger partial charge < -0.3 is 23.8 Å². The van der Waals surface area contributed by atoms with Crippen LogP contribution in [-0.2, 0) is 23.2 Å². The Morgan fingerprint density at radius 2 is 2.00 bits per heavy atom. The van der Waals surface area contributed by atoms with Gasteiger partial charge in [0.2, 0.25) is 11.6 Å². The number of carbonyl (C=O) groups excluding carboxylic acids is 2. The van der Waals surface area contributed by atoms with Gasteiger partial charge in [0.05, 0.1) is 31.5 Å². The predicted octanol–water partition coefficient (Wildman–Crippen LogP) is 6.35. The first-order valence-electron chi connectivity index (χ1n) is 18.4. The molecule has 1 saturated carbocycles. The van der Waals surface area contributed by atoms with Crippen molar-refractivity contribution >= 4 is 23.6 Å². The summed E-state index contributed by atoms with van der Waals surface area (Å²) in [4.78, 5) is 43.5. The summed E-state index contributed by atoms with van der Waals surface area (Å²) in [6.45, 7) is 10.9. The molecule has 11 nitrogen and oxygen atoms in total. The summed E-state index contributed by atoms with van der Waals surface area (Å²) in [5.74, 6) is 0.337. The molecule has 1 spiro atoms. The minimum absolute atomic E-state index is 0.122. The zero-order valence-electron chi connectivity index (χ0n) is 33.3. The lowest BCUT2D eigenvalue weighted by Gasteiger charge is -2.52. The molecule has 1 fully saturated rings. The molecule has 11 heteroatoms. The van der Waals surface area contributed by atoms with Crippen molar-refractivity contribution < 1.29 is 27.3 Å². The fourth-order valence-corrected chi connectivity index (χ4v) is 6.43. The monoisotopic (exact) mass is 633 g/mol. The summed E-state index contributed by atoms with van der Waals surface area (Å²) in [6, 6.07) is 4.71. The number of fused-ring (bicyclic) bond motifs is 2. The molecule has 2 aliphatic rings. The largest absolute Gasteiger partial charge is 0.505 e. The Morgan fingerprint density at radius 3 is 2.63 bits per heavy atom. The molecular weight excluding hydrogens is 582 g/mol. The lowest BCUT2D eigenvalue weighted by molar-refractivity contribution is 0.0482. The minimum atomic E-state index is -2.95. The highest BCUT2D eigenvalue weighted by Crippen LogP contribution is 2.51. The molecule has 0 N–H and O–H groups in total. The van der Waals surface area contributed by atoms with Crippen LogP contribution in [0, 0.1) is 6.57 Å². The number of ether oxygens (including phenoxy) is 2. The lowest BCUT2D eigenvalue weighted by Crippen LogP contribution is -2.54. The van der Waals surface area contributed by atoms with Crippen LogP contribution < -0.4 is 9.64 Å². The Bertz CT molecular complexity index is 1860. The summed E-state index contributed by atoms with van der Waals surface area (Å²) < 4.78 is 61.6. The number of aromatic nitrogens is 3. The van der Waals surface area contributed by atoms with Crippen molar-refractivity contribution in [3.63, 3.8) is 0 Å². The molecule has 0 saturated heterocycles. The summed E-state index contributed by atoms with van der Waals surface area (Å²) in [7, 11) is 1.54. The number of hydrogen-bond donors (Lipinski definition) is 0. The van der Waals surface area contributed by atoms with Crippen molar-refractivity contribution in [3.05, 3.63) is 76.2 Å². The molecule has 244 valence electrons. The lowest BCUT2D eigenvalue weighted by atomic mass is 9.60. The quantitative estimate of drug-likeness (QED) is 0.254. The Kier molecular flexibility index (Phi) is 7.13. The number of imidazole rings is 1. The minimum Gasteiger partial charge on any atom is -0.505 e. The van der Waals surface area contributed by atoms with Crippen LogP contribution in [0.5, 0.6) is 5.75 Å². The molecule has 3 aromatic rings. The van der Waals surface area contributed by atoms with Gasteiger partial charge in [0.15, 0.2) is 0 Å². The third kappa shape index (κ3) is 6.44. The molecule has 1 unspecified atom stereocenters. The number of carbonyl (C=O) groups is 2. The second-order valence-electron chi connectivity index (χ2n) is 13.0. The molecule has 5 rings (SSSR count). The van der Waals surface area contributed by atoms with E-state index in [1.807, 2.05) is 13.8 Å². The second kappa shape index (κ2) is 12.8.